The molecular formula is C20H22N4OS. The van der Waals surface area contributed by atoms with Crippen LogP contribution in [0, 0.1) is 6.92 Å². The molecule has 0 spiro atoms. The lowest BCUT2D eigenvalue weighted by atomic mass is 10.1. The number of primary amides is 1. The number of fused-ring (bicyclic) bond motifs is 1. The molecule has 1 amide bonds. The van der Waals surface area contributed by atoms with Gasteiger partial charge in [-0.05, 0) is 36.1 Å². The average molecular weight is 366 g/mol. The predicted molar refractivity (Wildman–Crippen MR) is 107 cm³/mol. The van der Waals surface area contributed by atoms with Crippen LogP contribution in [0.25, 0.3) is 10.1 Å². The number of piperazine rings is 1. The fourth-order valence-electron chi connectivity index (χ4n) is 3.43. The Bertz CT molecular complexity index is 927. The Hall–Kier alpha value is -2.44. The summed E-state index contributed by atoms with van der Waals surface area (Å²) in [6, 6.07) is 12.3. The normalized spacial score (nSPS) is 15.5. The second kappa shape index (κ2) is 7.05. The molecule has 0 radical (unpaired) electrons. The number of benzene rings is 1. The molecule has 1 aliphatic rings. The van der Waals surface area contributed by atoms with E-state index >= 15 is 0 Å². The van der Waals surface area contributed by atoms with Gasteiger partial charge in [-0.1, -0.05) is 18.2 Å². The van der Waals surface area contributed by atoms with Crippen LogP contribution in [0.1, 0.15) is 20.8 Å². The highest BCUT2D eigenvalue weighted by molar-refractivity contribution is 7.19. The monoisotopic (exact) mass is 366 g/mol. The lowest BCUT2D eigenvalue weighted by Gasteiger charge is -2.35. The van der Waals surface area contributed by atoms with Crippen molar-refractivity contribution in [3.8, 4) is 0 Å². The van der Waals surface area contributed by atoms with Crippen molar-refractivity contribution in [3.63, 3.8) is 0 Å². The van der Waals surface area contributed by atoms with Crippen LogP contribution in [-0.4, -0.2) is 42.0 Å². The van der Waals surface area contributed by atoms with E-state index in [1.54, 1.807) is 12.3 Å². The van der Waals surface area contributed by atoms with Crippen LogP contribution in [0.2, 0.25) is 0 Å². The third-order valence-corrected chi connectivity index (χ3v) is 6.30. The number of hydrogen-bond donors (Lipinski definition) is 1. The number of nitrogens with zero attached hydrogens (tertiary/aromatic N) is 3. The number of aryl methyl sites for hydroxylation is 1. The summed E-state index contributed by atoms with van der Waals surface area (Å²) >= 11 is 1.91. The summed E-state index contributed by atoms with van der Waals surface area (Å²) in [5.74, 6) is 0.472. The van der Waals surface area contributed by atoms with Crippen LogP contribution >= 0.6 is 11.3 Å². The van der Waals surface area contributed by atoms with Gasteiger partial charge in [-0.15, -0.1) is 11.3 Å². The number of nitrogens with two attached hydrogens (primary N) is 1. The highest BCUT2D eigenvalue weighted by Crippen LogP contribution is 2.31. The first kappa shape index (κ1) is 17.0. The highest BCUT2D eigenvalue weighted by atomic mass is 32.1. The van der Waals surface area contributed by atoms with Gasteiger partial charge in [-0.3, -0.25) is 9.69 Å². The van der Waals surface area contributed by atoms with Crippen molar-refractivity contribution in [2.24, 2.45) is 5.73 Å². The molecule has 134 valence electrons. The molecule has 26 heavy (non-hydrogen) atoms. The van der Waals surface area contributed by atoms with Crippen molar-refractivity contribution < 1.29 is 4.79 Å². The Balaban J connectivity index is 1.40. The van der Waals surface area contributed by atoms with Crippen LogP contribution in [0.4, 0.5) is 5.82 Å². The van der Waals surface area contributed by atoms with E-state index in [1.807, 2.05) is 17.4 Å². The molecule has 0 unspecified atom stereocenters. The molecule has 3 heterocycles. The van der Waals surface area contributed by atoms with E-state index in [9.17, 15) is 4.79 Å². The first-order chi connectivity index (χ1) is 12.6. The molecule has 0 aliphatic carbocycles. The molecule has 4 rings (SSSR count). The summed E-state index contributed by atoms with van der Waals surface area (Å²) in [4.78, 5) is 21.8. The Morgan fingerprint density at radius 3 is 2.58 bits per heavy atom. The molecule has 2 aromatic heterocycles. The molecule has 1 fully saturated rings. The van der Waals surface area contributed by atoms with E-state index in [0.717, 1.165) is 38.5 Å². The van der Waals surface area contributed by atoms with E-state index < -0.39 is 5.91 Å². The minimum atomic E-state index is -0.437. The summed E-state index contributed by atoms with van der Waals surface area (Å²) in [5, 5.41) is 1.38. The Kier molecular flexibility index (Phi) is 4.61. The van der Waals surface area contributed by atoms with Gasteiger partial charge in [-0.25, -0.2) is 4.98 Å². The lowest BCUT2D eigenvalue weighted by molar-refractivity contribution is 0.1000. The third-order valence-electron chi connectivity index (χ3n) is 5.04. The Morgan fingerprint density at radius 1 is 1.15 bits per heavy atom. The SMILES string of the molecule is Cc1c(CN2CCN(c3ccc(C(N)=O)cn3)CC2)sc2ccccc12. The minimum Gasteiger partial charge on any atom is -0.366 e. The summed E-state index contributed by atoms with van der Waals surface area (Å²) < 4.78 is 1.37. The van der Waals surface area contributed by atoms with Gasteiger partial charge in [0, 0.05) is 48.5 Å². The maximum atomic E-state index is 11.2. The lowest BCUT2D eigenvalue weighted by Crippen LogP contribution is -2.46. The summed E-state index contributed by atoms with van der Waals surface area (Å²) in [7, 11) is 0. The molecule has 0 saturated carbocycles. The van der Waals surface area contributed by atoms with Crippen LogP contribution < -0.4 is 10.6 Å². The van der Waals surface area contributed by atoms with Gasteiger partial charge in [0.25, 0.3) is 0 Å². The highest BCUT2D eigenvalue weighted by Gasteiger charge is 2.20. The van der Waals surface area contributed by atoms with Gasteiger partial charge in [0.2, 0.25) is 5.91 Å². The molecule has 2 N–H and O–H groups in total. The zero-order valence-corrected chi connectivity index (χ0v) is 15.6. The number of rotatable bonds is 4. The van der Waals surface area contributed by atoms with E-state index in [4.69, 9.17) is 5.73 Å². The van der Waals surface area contributed by atoms with E-state index in [0.29, 0.717) is 5.56 Å². The van der Waals surface area contributed by atoms with Crippen molar-refractivity contribution in [2.45, 2.75) is 13.5 Å². The number of pyridine rings is 1. The van der Waals surface area contributed by atoms with Crippen LogP contribution in [0.3, 0.4) is 0 Å². The standard InChI is InChI=1S/C20H22N4OS/c1-14-16-4-2-3-5-17(16)26-18(14)13-23-8-10-24(11-9-23)19-7-6-15(12-22-19)20(21)25/h2-7,12H,8-11,13H2,1H3,(H2,21,25). The van der Waals surface area contributed by atoms with Gasteiger partial charge < -0.3 is 10.6 Å². The maximum Gasteiger partial charge on any atom is 0.250 e. The fourth-order valence-corrected chi connectivity index (χ4v) is 4.69. The summed E-state index contributed by atoms with van der Waals surface area (Å²) in [5.41, 5.74) is 7.14. The molecule has 3 aromatic rings. The van der Waals surface area contributed by atoms with Gasteiger partial charge in [-0.2, -0.15) is 0 Å². The van der Waals surface area contributed by atoms with Crippen LogP contribution in [0.5, 0.6) is 0 Å². The Morgan fingerprint density at radius 2 is 1.92 bits per heavy atom. The van der Waals surface area contributed by atoms with E-state index in [1.165, 1.54) is 20.5 Å². The molecular weight excluding hydrogens is 344 g/mol. The van der Waals surface area contributed by atoms with Crippen molar-refractivity contribution in [3.05, 3.63) is 58.6 Å². The Labute approximate surface area is 157 Å². The number of carbonyl (C=O) groups excluding carboxylic acids is 1. The molecule has 6 heteroatoms. The zero-order valence-electron chi connectivity index (χ0n) is 14.8. The van der Waals surface area contributed by atoms with E-state index in [2.05, 4.69) is 46.0 Å². The summed E-state index contributed by atoms with van der Waals surface area (Å²) in [6.07, 6.45) is 1.56. The number of amides is 1. The molecule has 5 nitrogen and oxygen atoms in total. The first-order valence-corrected chi connectivity index (χ1v) is 9.63. The summed E-state index contributed by atoms with van der Waals surface area (Å²) in [6.45, 7) is 7.13. The quantitative estimate of drug-likeness (QED) is 0.771. The first-order valence-electron chi connectivity index (χ1n) is 8.82. The number of aromatic nitrogens is 1. The molecule has 1 saturated heterocycles. The van der Waals surface area contributed by atoms with E-state index in [-0.39, 0.29) is 0 Å². The zero-order chi connectivity index (χ0) is 18.1. The minimum absolute atomic E-state index is 0.437. The maximum absolute atomic E-state index is 11.2. The van der Waals surface area contributed by atoms with Gasteiger partial charge in [0.15, 0.2) is 0 Å². The molecule has 1 aliphatic heterocycles. The predicted octanol–water partition coefficient (Wildman–Crippen LogP) is 3.03. The number of thiophene rings is 1. The molecule has 1 aromatic carbocycles. The van der Waals surface area contributed by atoms with Crippen LogP contribution in [0.15, 0.2) is 42.6 Å². The average Bonchev–Trinajstić information content (AvgIpc) is 2.98. The number of anilines is 1. The topological polar surface area (TPSA) is 62.5 Å². The third kappa shape index (κ3) is 3.30. The number of carbonyl (C=O) groups is 1. The molecule has 0 atom stereocenters. The van der Waals surface area contributed by atoms with Crippen molar-refractivity contribution in [1.82, 2.24) is 9.88 Å². The van der Waals surface area contributed by atoms with Crippen LogP contribution in [-0.2, 0) is 6.54 Å². The van der Waals surface area contributed by atoms with Gasteiger partial charge >= 0.3 is 0 Å². The second-order valence-electron chi connectivity index (χ2n) is 6.68. The van der Waals surface area contributed by atoms with Crippen molar-refractivity contribution in [2.75, 3.05) is 31.1 Å². The largest absolute Gasteiger partial charge is 0.366 e. The van der Waals surface area contributed by atoms with Crippen molar-refractivity contribution in [1.29, 1.82) is 0 Å². The smallest absolute Gasteiger partial charge is 0.250 e. The van der Waals surface area contributed by atoms with Gasteiger partial charge in [0.05, 0.1) is 5.56 Å². The fraction of sp³-hybridized carbons (Fsp3) is 0.300. The number of hydrogen-bond acceptors (Lipinski definition) is 5. The van der Waals surface area contributed by atoms with Gasteiger partial charge in [0.1, 0.15) is 5.82 Å². The van der Waals surface area contributed by atoms with Crippen molar-refractivity contribution >= 4 is 33.1 Å². The molecule has 0 bridgehead atoms. The second-order valence-corrected chi connectivity index (χ2v) is 7.82.